The summed E-state index contributed by atoms with van der Waals surface area (Å²) in [6.45, 7) is 2.32. The summed E-state index contributed by atoms with van der Waals surface area (Å²) in [6.07, 6.45) is -0.508. The molecule has 1 N–H and O–H groups in total. The molecule has 0 saturated carbocycles. The molecule has 0 bridgehead atoms. The predicted octanol–water partition coefficient (Wildman–Crippen LogP) is 2.68. The van der Waals surface area contributed by atoms with Crippen LogP contribution in [0.1, 0.15) is 17.3 Å². The number of sulfonamides is 1. The van der Waals surface area contributed by atoms with Crippen molar-refractivity contribution in [2.45, 2.75) is 11.8 Å². The molecule has 11 heteroatoms. The Morgan fingerprint density at radius 2 is 1.68 bits per heavy atom. The van der Waals surface area contributed by atoms with E-state index in [0.717, 1.165) is 28.6 Å². The minimum Gasteiger partial charge on any atom is -0.450 e. The molecule has 3 rings (SSSR count). The van der Waals surface area contributed by atoms with Crippen LogP contribution in [-0.4, -0.2) is 62.4 Å². The van der Waals surface area contributed by atoms with E-state index in [0.29, 0.717) is 0 Å². The second kappa shape index (κ2) is 9.40. The van der Waals surface area contributed by atoms with Gasteiger partial charge < -0.3 is 15.0 Å². The van der Waals surface area contributed by atoms with Gasteiger partial charge in [-0.15, -0.1) is 0 Å². The van der Waals surface area contributed by atoms with Gasteiger partial charge in [0, 0.05) is 31.7 Å². The molecule has 1 aliphatic rings. The highest BCUT2D eigenvalue weighted by atomic mass is 32.2. The summed E-state index contributed by atoms with van der Waals surface area (Å²) >= 11 is 0. The number of hydrogen-bond donors (Lipinski definition) is 1. The Morgan fingerprint density at radius 3 is 2.26 bits per heavy atom. The summed E-state index contributed by atoms with van der Waals surface area (Å²) in [5.41, 5.74) is -0.0858. The van der Waals surface area contributed by atoms with Gasteiger partial charge in [0.2, 0.25) is 10.0 Å². The van der Waals surface area contributed by atoms with Gasteiger partial charge in [0.15, 0.2) is 0 Å². The summed E-state index contributed by atoms with van der Waals surface area (Å²) in [4.78, 5) is 25.1. The minimum absolute atomic E-state index is 0.0474. The van der Waals surface area contributed by atoms with Gasteiger partial charge in [-0.1, -0.05) is 0 Å². The molecule has 1 saturated heterocycles. The van der Waals surface area contributed by atoms with Gasteiger partial charge >= 0.3 is 6.09 Å². The lowest BCUT2D eigenvalue weighted by atomic mass is 10.2. The number of benzene rings is 2. The molecule has 0 aromatic heterocycles. The van der Waals surface area contributed by atoms with Gasteiger partial charge in [0.1, 0.15) is 11.6 Å². The fourth-order valence-corrected chi connectivity index (χ4v) is 4.46. The van der Waals surface area contributed by atoms with Crippen molar-refractivity contribution >= 4 is 27.7 Å². The SMILES string of the molecule is CCOC(=O)N1CCN(S(=O)(=O)c2ccc(NC(=O)c3ccc(F)cc3)c(F)c2)CC1. The topological polar surface area (TPSA) is 96.0 Å². The molecular weight excluding hydrogens is 432 g/mol. The van der Waals surface area contributed by atoms with Crippen molar-refractivity contribution in [3.63, 3.8) is 0 Å². The van der Waals surface area contributed by atoms with Crippen molar-refractivity contribution in [3.05, 3.63) is 59.7 Å². The molecule has 0 atom stereocenters. The fourth-order valence-electron chi connectivity index (χ4n) is 3.03. The van der Waals surface area contributed by atoms with E-state index in [2.05, 4.69) is 5.32 Å². The molecule has 1 heterocycles. The van der Waals surface area contributed by atoms with Gasteiger partial charge in [0.25, 0.3) is 5.91 Å². The van der Waals surface area contributed by atoms with E-state index in [9.17, 15) is 26.8 Å². The van der Waals surface area contributed by atoms with Crippen molar-refractivity contribution in [2.75, 3.05) is 38.1 Å². The van der Waals surface area contributed by atoms with Crippen molar-refractivity contribution < 1.29 is 31.5 Å². The van der Waals surface area contributed by atoms with Gasteiger partial charge in [-0.05, 0) is 49.4 Å². The number of rotatable bonds is 5. The maximum Gasteiger partial charge on any atom is 0.409 e. The molecule has 0 unspecified atom stereocenters. The number of nitrogens with one attached hydrogen (secondary N) is 1. The Labute approximate surface area is 178 Å². The van der Waals surface area contributed by atoms with E-state index in [1.54, 1.807) is 6.92 Å². The maximum atomic E-state index is 14.5. The number of carbonyl (C=O) groups is 2. The van der Waals surface area contributed by atoms with E-state index < -0.39 is 33.7 Å². The first-order valence-corrected chi connectivity index (χ1v) is 10.9. The van der Waals surface area contributed by atoms with E-state index in [1.807, 2.05) is 0 Å². The predicted molar refractivity (Wildman–Crippen MR) is 108 cm³/mol. The van der Waals surface area contributed by atoms with Crippen LogP contribution < -0.4 is 5.32 Å². The lowest BCUT2D eigenvalue weighted by Gasteiger charge is -2.33. The third-order valence-corrected chi connectivity index (χ3v) is 6.59. The van der Waals surface area contributed by atoms with E-state index >= 15 is 0 Å². The van der Waals surface area contributed by atoms with Crippen LogP contribution in [-0.2, 0) is 14.8 Å². The molecule has 2 aromatic carbocycles. The quantitative estimate of drug-likeness (QED) is 0.751. The summed E-state index contributed by atoms with van der Waals surface area (Å²) in [5, 5.41) is 2.33. The monoisotopic (exact) mass is 453 g/mol. The van der Waals surface area contributed by atoms with Crippen molar-refractivity contribution in [2.24, 2.45) is 0 Å². The number of carbonyl (C=O) groups excluding carboxylic acids is 2. The van der Waals surface area contributed by atoms with Crippen LogP contribution in [0.2, 0.25) is 0 Å². The van der Waals surface area contributed by atoms with Crippen LogP contribution in [0.4, 0.5) is 19.3 Å². The highest BCUT2D eigenvalue weighted by Gasteiger charge is 2.31. The van der Waals surface area contributed by atoms with Gasteiger partial charge in [0.05, 0.1) is 17.2 Å². The number of piperazine rings is 1. The summed E-state index contributed by atoms with van der Waals surface area (Å²) < 4.78 is 59.2. The Balaban J connectivity index is 1.69. The number of anilines is 1. The van der Waals surface area contributed by atoms with E-state index in [1.165, 1.54) is 23.1 Å². The highest BCUT2D eigenvalue weighted by molar-refractivity contribution is 7.89. The van der Waals surface area contributed by atoms with Crippen LogP contribution >= 0.6 is 0 Å². The molecule has 0 aliphatic carbocycles. The number of halogens is 2. The zero-order valence-electron chi connectivity index (χ0n) is 16.7. The fraction of sp³-hybridized carbons (Fsp3) is 0.300. The molecule has 1 fully saturated rings. The molecule has 2 aromatic rings. The van der Waals surface area contributed by atoms with Gasteiger partial charge in [-0.3, -0.25) is 4.79 Å². The zero-order valence-corrected chi connectivity index (χ0v) is 17.5. The summed E-state index contributed by atoms with van der Waals surface area (Å²) in [7, 11) is -3.99. The van der Waals surface area contributed by atoms with Gasteiger partial charge in [-0.2, -0.15) is 4.31 Å². The second-order valence-electron chi connectivity index (χ2n) is 6.69. The van der Waals surface area contributed by atoms with Crippen LogP contribution in [0, 0.1) is 11.6 Å². The first kappa shape index (κ1) is 22.6. The van der Waals surface area contributed by atoms with Gasteiger partial charge in [-0.25, -0.2) is 22.0 Å². The normalized spacial score (nSPS) is 14.9. The molecule has 31 heavy (non-hydrogen) atoms. The minimum atomic E-state index is -3.99. The van der Waals surface area contributed by atoms with Crippen LogP contribution in [0.3, 0.4) is 0 Å². The third-order valence-electron chi connectivity index (χ3n) is 4.70. The molecule has 1 aliphatic heterocycles. The molecule has 166 valence electrons. The molecular formula is C20H21F2N3O5S. The summed E-state index contributed by atoms with van der Waals surface area (Å²) in [5.74, 6) is -2.10. The zero-order chi connectivity index (χ0) is 22.6. The van der Waals surface area contributed by atoms with Crippen LogP contribution in [0.25, 0.3) is 0 Å². The average molecular weight is 453 g/mol. The van der Waals surface area contributed by atoms with E-state index in [4.69, 9.17) is 4.74 Å². The van der Waals surface area contributed by atoms with Crippen molar-refractivity contribution in [1.29, 1.82) is 0 Å². The standard InChI is InChI=1S/C20H21F2N3O5S/c1-2-30-20(27)24-9-11-25(12-10-24)31(28,29)16-7-8-18(17(22)13-16)23-19(26)14-3-5-15(21)6-4-14/h3-8,13H,2,9-12H2,1H3,(H,23,26). The molecule has 0 spiro atoms. The lowest BCUT2D eigenvalue weighted by molar-refractivity contribution is 0.0933. The molecule has 0 radical (unpaired) electrons. The Morgan fingerprint density at radius 1 is 1.03 bits per heavy atom. The lowest BCUT2D eigenvalue weighted by Crippen LogP contribution is -2.50. The first-order chi connectivity index (χ1) is 14.7. The molecule has 8 nitrogen and oxygen atoms in total. The largest absolute Gasteiger partial charge is 0.450 e. The second-order valence-corrected chi connectivity index (χ2v) is 8.63. The maximum absolute atomic E-state index is 14.5. The Kier molecular flexibility index (Phi) is 6.86. The molecule has 2 amide bonds. The number of nitrogens with zero attached hydrogens (tertiary/aromatic N) is 2. The Bertz CT molecular complexity index is 1070. The smallest absolute Gasteiger partial charge is 0.409 e. The number of amides is 2. The number of hydrogen-bond acceptors (Lipinski definition) is 5. The number of ether oxygens (including phenoxy) is 1. The van der Waals surface area contributed by atoms with Crippen LogP contribution in [0.15, 0.2) is 47.4 Å². The van der Waals surface area contributed by atoms with Crippen LogP contribution in [0.5, 0.6) is 0 Å². The van der Waals surface area contributed by atoms with Crippen molar-refractivity contribution in [3.8, 4) is 0 Å². The first-order valence-electron chi connectivity index (χ1n) is 9.50. The van der Waals surface area contributed by atoms with E-state index in [-0.39, 0.29) is 48.9 Å². The highest BCUT2D eigenvalue weighted by Crippen LogP contribution is 2.23. The van der Waals surface area contributed by atoms with Crippen molar-refractivity contribution in [1.82, 2.24) is 9.21 Å². The average Bonchev–Trinajstić information content (AvgIpc) is 2.75. The third kappa shape index (κ3) is 5.17. The Hall–Kier alpha value is -3.05. The summed E-state index contributed by atoms with van der Waals surface area (Å²) in [6, 6.07) is 7.86.